The maximum Gasteiger partial charge on any atom is 0.419 e. The second-order valence-electron chi connectivity index (χ2n) is 2.56. The molecule has 1 rings (SSSR count). The van der Waals surface area contributed by atoms with Gasteiger partial charge in [0.1, 0.15) is 0 Å². The van der Waals surface area contributed by atoms with Gasteiger partial charge in [0.15, 0.2) is 0 Å². The highest BCUT2D eigenvalue weighted by atomic mass is 35.7. The van der Waals surface area contributed by atoms with Gasteiger partial charge in [-0.1, -0.05) is 24.3 Å². The molecule has 5 heteroatoms. The summed E-state index contributed by atoms with van der Waals surface area (Å²) in [7, 11) is 0. The van der Waals surface area contributed by atoms with Gasteiger partial charge in [-0.3, -0.25) is 0 Å². The predicted octanol–water partition coefficient (Wildman–Crippen LogP) is 2.62. The molecule has 13 heavy (non-hydrogen) atoms. The molecule has 0 bridgehead atoms. The Bertz CT molecular complexity index is 279. The van der Waals surface area contributed by atoms with Crippen molar-refractivity contribution in [3.63, 3.8) is 0 Å². The van der Waals surface area contributed by atoms with E-state index in [0.29, 0.717) is 0 Å². The van der Waals surface area contributed by atoms with Gasteiger partial charge in [0, 0.05) is 11.2 Å². The van der Waals surface area contributed by atoms with Crippen LogP contribution >= 0.6 is 18.2 Å². The van der Waals surface area contributed by atoms with Crippen LogP contribution in [0.15, 0.2) is 24.3 Å². The third-order valence-corrected chi connectivity index (χ3v) is 1.43. The van der Waals surface area contributed by atoms with Crippen LogP contribution in [0.5, 0.6) is 0 Å². The summed E-state index contributed by atoms with van der Waals surface area (Å²) in [6, 6.07) is 8.36. The van der Waals surface area contributed by atoms with Crippen LogP contribution in [0.3, 0.4) is 0 Å². The first-order valence-electron chi connectivity index (χ1n) is 3.58. The molecule has 0 fully saturated rings. The summed E-state index contributed by atoms with van der Waals surface area (Å²) in [6.07, 6.45) is 0. The summed E-state index contributed by atoms with van der Waals surface area (Å²) in [4.78, 5) is 14.8. The van der Waals surface area contributed by atoms with Gasteiger partial charge in [-0.25, -0.2) is 4.57 Å². The fourth-order valence-corrected chi connectivity index (χ4v) is 0.663. The first-order valence-corrected chi connectivity index (χ1v) is 6.10. The molecular formula is C8H12ClO3P. The molecule has 0 atom stereocenters. The van der Waals surface area contributed by atoms with E-state index in [1.807, 2.05) is 0 Å². The van der Waals surface area contributed by atoms with Gasteiger partial charge in [0.05, 0.1) is 0 Å². The van der Waals surface area contributed by atoms with Crippen LogP contribution in [0.25, 0.3) is 0 Å². The molecule has 0 spiro atoms. The monoisotopic (exact) mass is 222 g/mol. The number of hydrogen-bond acceptors (Lipinski definition) is 1. The molecule has 0 aromatic heterocycles. The van der Waals surface area contributed by atoms with Crippen LogP contribution in [0.1, 0.15) is 11.1 Å². The molecule has 0 aliphatic carbocycles. The van der Waals surface area contributed by atoms with E-state index in [9.17, 15) is 0 Å². The highest BCUT2D eigenvalue weighted by Crippen LogP contribution is 2.39. The summed E-state index contributed by atoms with van der Waals surface area (Å²) in [5.74, 6) is 0. The largest absolute Gasteiger partial charge is 0.419 e. The maximum atomic E-state index is 9.09. The van der Waals surface area contributed by atoms with Crippen molar-refractivity contribution < 1.29 is 14.4 Å². The molecule has 0 heterocycles. The molecule has 0 radical (unpaired) electrons. The van der Waals surface area contributed by atoms with Gasteiger partial charge in [0.2, 0.25) is 0 Å². The van der Waals surface area contributed by atoms with Crippen molar-refractivity contribution in [2.45, 2.75) is 13.8 Å². The molecule has 1 aromatic carbocycles. The lowest BCUT2D eigenvalue weighted by Gasteiger charge is -1.93. The van der Waals surface area contributed by atoms with E-state index in [4.69, 9.17) is 14.4 Å². The normalized spacial score (nSPS) is 10.2. The van der Waals surface area contributed by atoms with Crippen LogP contribution < -0.4 is 0 Å². The van der Waals surface area contributed by atoms with Crippen LogP contribution in [-0.2, 0) is 4.57 Å². The lowest BCUT2D eigenvalue weighted by atomic mass is 10.1. The van der Waals surface area contributed by atoms with Crippen LogP contribution in [0.4, 0.5) is 0 Å². The molecular weight excluding hydrogens is 211 g/mol. The minimum atomic E-state index is -4.17. The van der Waals surface area contributed by atoms with Crippen LogP contribution in [-0.4, -0.2) is 9.79 Å². The number of rotatable bonds is 0. The number of benzene rings is 1. The van der Waals surface area contributed by atoms with E-state index in [0.717, 1.165) is 0 Å². The minimum absolute atomic E-state index is 1.37. The highest BCUT2D eigenvalue weighted by Gasteiger charge is 2.01. The van der Waals surface area contributed by atoms with Crippen molar-refractivity contribution in [3.05, 3.63) is 35.4 Å². The maximum absolute atomic E-state index is 9.09. The van der Waals surface area contributed by atoms with E-state index in [2.05, 4.69) is 49.4 Å². The molecule has 74 valence electrons. The average molecular weight is 223 g/mol. The lowest BCUT2D eigenvalue weighted by molar-refractivity contribution is 0.395. The van der Waals surface area contributed by atoms with Crippen molar-refractivity contribution >= 4 is 18.2 Å². The zero-order valence-electron chi connectivity index (χ0n) is 7.44. The zero-order valence-corrected chi connectivity index (χ0v) is 9.09. The Morgan fingerprint density at radius 3 is 1.54 bits per heavy atom. The van der Waals surface area contributed by atoms with Crippen LogP contribution in [0, 0.1) is 13.8 Å². The Labute approximate surface area is 82.3 Å². The first-order chi connectivity index (χ1) is 5.80. The first kappa shape index (κ1) is 12.7. The third-order valence-electron chi connectivity index (χ3n) is 1.43. The van der Waals surface area contributed by atoms with Crippen molar-refractivity contribution in [2.24, 2.45) is 0 Å². The molecule has 0 unspecified atom stereocenters. The molecule has 0 saturated heterocycles. The summed E-state index contributed by atoms with van der Waals surface area (Å²) < 4.78 is 9.09. The standard InChI is InChI=1S/C8H10.ClH2O3P/c1-7-5-3-4-6-8(7)2;1-5(2,3)4/h3-6H,1-2H3;(H2,2,3,4). The van der Waals surface area contributed by atoms with Crippen molar-refractivity contribution in [3.8, 4) is 0 Å². The molecule has 0 saturated carbocycles. The van der Waals surface area contributed by atoms with E-state index in [-0.39, 0.29) is 0 Å². The van der Waals surface area contributed by atoms with Crippen molar-refractivity contribution in [1.82, 2.24) is 0 Å². The third kappa shape index (κ3) is 9.57. The number of hydrogen-bond donors (Lipinski definition) is 2. The Morgan fingerprint density at radius 2 is 1.38 bits per heavy atom. The Hall–Kier alpha value is -0.340. The Morgan fingerprint density at radius 1 is 1.15 bits per heavy atom. The fourth-order valence-electron chi connectivity index (χ4n) is 0.663. The Balaban J connectivity index is 0.000000252. The van der Waals surface area contributed by atoms with E-state index in [1.54, 1.807) is 0 Å². The topological polar surface area (TPSA) is 57.5 Å². The van der Waals surface area contributed by atoms with E-state index in [1.165, 1.54) is 11.1 Å². The van der Waals surface area contributed by atoms with Crippen LogP contribution in [0.2, 0.25) is 0 Å². The lowest BCUT2D eigenvalue weighted by Crippen LogP contribution is -1.74. The molecule has 3 nitrogen and oxygen atoms in total. The number of halogens is 1. The molecule has 0 aliphatic heterocycles. The van der Waals surface area contributed by atoms with Gasteiger partial charge < -0.3 is 9.79 Å². The van der Waals surface area contributed by atoms with E-state index >= 15 is 0 Å². The van der Waals surface area contributed by atoms with Crippen molar-refractivity contribution in [1.29, 1.82) is 0 Å². The smallest absolute Gasteiger partial charge is 0.313 e. The summed E-state index contributed by atoms with van der Waals surface area (Å²) in [5.41, 5.74) is 2.74. The van der Waals surface area contributed by atoms with Gasteiger partial charge in [-0.05, 0) is 25.0 Å². The fraction of sp³-hybridized carbons (Fsp3) is 0.250. The quantitative estimate of drug-likeness (QED) is 0.664. The van der Waals surface area contributed by atoms with E-state index < -0.39 is 6.95 Å². The molecule has 2 N–H and O–H groups in total. The molecule has 0 aliphatic rings. The highest BCUT2D eigenvalue weighted by molar-refractivity contribution is 7.79. The molecule has 1 aromatic rings. The Kier molecular flexibility index (Phi) is 5.26. The SMILES string of the molecule is Cc1ccccc1C.O=P(O)(O)Cl. The van der Waals surface area contributed by atoms with Gasteiger partial charge in [-0.2, -0.15) is 0 Å². The summed E-state index contributed by atoms with van der Waals surface area (Å²) >= 11 is 4.20. The predicted molar refractivity (Wildman–Crippen MR) is 53.8 cm³/mol. The van der Waals surface area contributed by atoms with Gasteiger partial charge >= 0.3 is 6.95 Å². The summed E-state index contributed by atoms with van der Waals surface area (Å²) in [6.45, 7) is 0.0741. The van der Waals surface area contributed by atoms with Crippen molar-refractivity contribution in [2.75, 3.05) is 0 Å². The zero-order chi connectivity index (χ0) is 10.5. The minimum Gasteiger partial charge on any atom is -0.313 e. The second-order valence-corrected chi connectivity index (χ2v) is 4.82. The summed E-state index contributed by atoms with van der Waals surface area (Å²) in [5, 5.41) is 0. The average Bonchev–Trinajstić information content (AvgIpc) is 1.92. The van der Waals surface area contributed by atoms with Gasteiger partial charge in [0.25, 0.3) is 0 Å². The molecule has 0 amide bonds. The second kappa shape index (κ2) is 5.40. The number of aryl methyl sites for hydroxylation is 2. The van der Waals surface area contributed by atoms with Gasteiger partial charge in [-0.15, -0.1) is 0 Å².